The minimum atomic E-state index is -0.0368. The molecule has 0 bridgehead atoms. The Balaban J connectivity index is 2.83. The fourth-order valence-corrected chi connectivity index (χ4v) is 1.54. The van der Waals surface area contributed by atoms with Gasteiger partial charge in [0, 0.05) is 25.8 Å². The third-order valence-electron chi connectivity index (χ3n) is 2.50. The quantitative estimate of drug-likeness (QED) is 0.710. The fraction of sp³-hybridized carbons (Fsp3) is 0.500. The zero-order valence-corrected chi connectivity index (χ0v) is 11.8. The normalized spacial score (nSPS) is 10.1. The van der Waals surface area contributed by atoms with E-state index in [0.29, 0.717) is 31.1 Å². The molecule has 0 atom stereocenters. The number of rotatable bonds is 8. The van der Waals surface area contributed by atoms with Gasteiger partial charge in [0.2, 0.25) is 5.91 Å². The molecule has 0 saturated heterocycles. The van der Waals surface area contributed by atoms with Crippen molar-refractivity contribution in [3.05, 3.63) is 18.2 Å². The van der Waals surface area contributed by atoms with Gasteiger partial charge >= 0.3 is 0 Å². The molecule has 2 N–H and O–H groups in total. The maximum atomic E-state index is 11.5. The van der Waals surface area contributed by atoms with Crippen molar-refractivity contribution in [2.75, 3.05) is 37.5 Å². The Morgan fingerprint density at radius 2 is 2.05 bits per heavy atom. The second kappa shape index (κ2) is 8.37. The van der Waals surface area contributed by atoms with Gasteiger partial charge in [0.25, 0.3) is 0 Å². The molecule has 106 valence electrons. The van der Waals surface area contributed by atoms with E-state index < -0.39 is 0 Å². The summed E-state index contributed by atoms with van der Waals surface area (Å²) in [5, 5.41) is 6.04. The standard InChI is InChI=1S/C14H22N2O3/c1-4-14(17)16-12-10-11(15-5-2)6-7-13(12)19-9-8-18-3/h6-7,10,15H,4-5,8-9H2,1-3H3,(H,16,17). The lowest BCUT2D eigenvalue weighted by molar-refractivity contribution is -0.115. The highest BCUT2D eigenvalue weighted by atomic mass is 16.5. The maximum absolute atomic E-state index is 11.5. The summed E-state index contributed by atoms with van der Waals surface area (Å²) in [5.41, 5.74) is 1.63. The molecule has 0 radical (unpaired) electrons. The molecule has 19 heavy (non-hydrogen) atoms. The predicted octanol–water partition coefficient (Wildman–Crippen LogP) is 2.49. The number of ether oxygens (including phenoxy) is 2. The van der Waals surface area contributed by atoms with Crippen LogP contribution in [-0.4, -0.2) is 32.8 Å². The van der Waals surface area contributed by atoms with E-state index in [2.05, 4.69) is 10.6 Å². The van der Waals surface area contributed by atoms with E-state index in [1.807, 2.05) is 32.0 Å². The zero-order chi connectivity index (χ0) is 14.1. The second-order valence-corrected chi connectivity index (χ2v) is 3.98. The van der Waals surface area contributed by atoms with Gasteiger partial charge in [-0.15, -0.1) is 0 Å². The average Bonchev–Trinajstić information content (AvgIpc) is 2.41. The molecular weight excluding hydrogens is 244 g/mol. The Labute approximate surface area is 114 Å². The summed E-state index contributed by atoms with van der Waals surface area (Å²) in [4.78, 5) is 11.5. The summed E-state index contributed by atoms with van der Waals surface area (Å²) in [6.07, 6.45) is 0.433. The molecule has 1 aromatic carbocycles. The number of carbonyl (C=O) groups is 1. The van der Waals surface area contributed by atoms with Crippen LogP contribution in [0.25, 0.3) is 0 Å². The van der Waals surface area contributed by atoms with Crippen LogP contribution in [0.3, 0.4) is 0 Å². The number of carbonyl (C=O) groups excluding carboxylic acids is 1. The molecule has 0 aromatic heterocycles. The van der Waals surface area contributed by atoms with Crippen LogP contribution in [0.1, 0.15) is 20.3 Å². The average molecular weight is 266 g/mol. The maximum Gasteiger partial charge on any atom is 0.224 e. The number of hydrogen-bond acceptors (Lipinski definition) is 4. The van der Waals surface area contributed by atoms with Crippen molar-refractivity contribution < 1.29 is 14.3 Å². The first-order valence-corrected chi connectivity index (χ1v) is 6.50. The lowest BCUT2D eigenvalue weighted by Crippen LogP contribution is -2.12. The second-order valence-electron chi connectivity index (χ2n) is 3.98. The molecule has 5 heteroatoms. The Bertz CT molecular complexity index is 408. The van der Waals surface area contributed by atoms with Gasteiger partial charge in [-0.1, -0.05) is 6.92 Å². The molecule has 0 fully saturated rings. The van der Waals surface area contributed by atoms with Gasteiger partial charge < -0.3 is 20.1 Å². The summed E-state index contributed by atoms with van der Waals surface area (Å²) >= 11 is 0. The highest BCUT2D eigenvalue weighted by Gasteiger charge is 2.08. The van der Waals surface area contributed by atoms with E-state index in [1.165, 1.54) is 0 Å². The molecule has 0 aliphatic heterocycles. The van der Waals surface area contributed by atoms with Crippen LogP contribution in [0.15, 0.2) is 18.2 Å². The number of nitrogens with one attached hydrogen (secondary N) is 2. The first-order valence-electron chi connectivity index (χ1n) is 6.50. The van der Waals surface area contributed by atoms with Crippen LogP contribution >= 0.6 is 0 Å². The van der Waals surface area contributed by atoms with Crippen LogP contribution in [0.2, 0.25) is 0 Å². The van der Waals surface area contributed by atoms with Crippen molar-refractivity contribution in [2.24, 2.45) is 0 Å². The smallest absolute Gasteiger partial charge is 0.224 e. The lowest BCUT2D eigenvalue weighted by Gasteiger charge is -2.14. The minimum absolute atomic E-state index is 0.0368. The van der Waals surface area contributed by atoms with Gasteiger partial charge in [0.15, 0.2) is 0 Å². The van der Waals surface area contributed by atoms with Crippen molar-refractivity contribution in [1.29, 1.82) is 0 Å². The summed E-state index contributed by atoms with van der Waals surface area (Å²) in [6, 6.07) is 5.64. The van der Waals surface area contributed by atoms with E-state index in [-0.39, 0.29) is 5.91 Å². The molecule has 1 rings (SSSR count). The van der Waals surface area contributed by atoms with Crippen LogP contribution in [-0.2, 0) is 9.53 Å². The van der Waals surface area contributed by atoms with E-state index in [1.54, 1.807) is 7.11 Å². The molecule has 0 aliphatic rings. The summed E-state index contributed by atoms with van der Waals surface area (Å²) < 4.78 is 10.5. The van der Waals surface area contributed by atoms with E-state index in [4.69, 9.17) is 9.47 Å². The molecule has 5 nitrogen and oxygen atoms in total. The van der Waals surface area contributed by atoms with Gasteiger partial charge in [-0.3, -0.25) is 4.79 Å². The van der Waals surface area contributed by atoms with E-state index in [0.717, 1.165) is 12.2 Å². The highest BCUT2D eigenvalue weighted by molar-refractivity contribution is 5.92. The predicted molar refractivity (Wildman–Crippen MR) is 76.9 cm³/mol. The minimum Gasteiger partial charge on any atom is -0.489 e. The number of methoxy groups -OCH3 is 1. The molecule has 0 aliphatic carbocycles. The monoisotopic (exact) mass is 266 g/mol. The summed E-state index contributed by atoms with van der Waals surface area (Å²) in [5.74, 6) is 0.616. The Morgan fingerprint density at radius 1 is 1.26 bits per heavy atom. The van der Waals surface area contributed by atoms with Crippen LogP contribution in [0, 0.1) is 0 Å². The third kappa shape index (κ3) is 5.18. The Morgan fingerprint density at radius 3 is 2.68 bits per heavy atom. The van der Waals surface area contributed by atoms with Crippen LogP contribution in [0.4, 0.5) is 11.4 Å². The van der Waals surface area contributed by atoms with Crippen LogP contribution < -0.4 is 15.4 Å². The van der Waals surface area contributed by atoms with Gasteiger partial charge in [0.1, 0.15) is 12.4 Å². The molecule has 0 spiro atoms. The topological polar surface area (TPSA) is 59.6 Å². The number of anilines is 2. The van der Waals surface area contributed by atoms with Gasteiger partial charge in [-0.25, -0.2) is 0 Å². The largest absolute Gasteiger partial charge is 0.489 e. The Hall–Kier alpha value is -1.75. The SMILES string of the molecule is CCNc1ccc(OCCOC)c(NC(=O)CC)c1. The van der Waals surface area contributed by atoms with E-state index >= 15 is 0 Å². The fourth-order valence-electron chi connectivity index (χ4n) is 1.54. The molecular formula is C14H22N2O3. The lowest BCUT2D eigenvalue weighted by atomic mass is 10.2. The molecule has 0 unspecified atom stereocenters. The van der Waals surface area contributed by atoms with Gasteiger partial charge in [0.05, 0.1) is 12.3 Å². The number of benzene rings is 1. The van der Waals surface area contributed by atoms with Gasteiger partial charge in [-0.05, 0) is 25.1 Å². The van der Waals surface area contributed by atoms with Crippen molar-refractivity contribution in [3.63, 3.8) is 0 Å². The summed E-state index contributed by atoms with van der Waals surface area (Å²) in [6.45, 7) is 5.62. The van der Waals surface area contributed by atoms with Crippen LogP contribution in [0.5, 0.6) is 5.75 Å². The number of hydrogen-bond donors (Lipinski definition) is 2. The first kappa shape index (κ1) is 15.3. The molecule has 0 saturated carbocycles. The molecule has 0 heterocycles. The van der Waals surface area contributed by atoms with Crippen molar-refractivity contribution in [1.82, 2.24) is 0 Å². The zero-order valence-electron chi connectivity index (χ0n) is 11.8. The molecule has 1 aromatic rings. The third-order valence-corrected chi connectivity index (χ3v) is 2.50. The highest BCUT2D eigenvalue weighted by Crippen LogP contribution is 2.28. The Kier molecular flexibility index (Phi) is 6.74. The number of amides is 1. The van der Waals surface area contributed by atoms with E-state index in [9.17, 15) is 4.79 Å². The van der Waals surface area contributed by atoms with Crippen molar-refractivity contribution in [3.8, 4) is 5.75 Å². The van der Waals surface area contributed by atoms with Crippen molar-refractivity contribution >= 4 is 17.3 Å². The first-order chi connectivity index (χ1) is 9.21. The summed E-state index contributed by atoms with van der Waals surface area (Å²) in [7, 11) is 1.62. The van der Waals surface area contributed by atoms with Crippen molar-refractivity contribution in [2.45, 2.75) is 20.3 Å². The molecule has 1 amide bonds. The van der Waals surface area contributed by atoms with Gasteiger partial charge in [-0.2, -0.15) is 0 Å².